The highest BCUT2D eigenvalue weighted by Gasteiger charge is 2.25. The Hall–Kier alpha value is -2.80. The normalized spacial score (nSPS) is 12.6. The first-order chi connectivity index (χ1) is 16.6. The van der Waals surface area contributed by atoms with Gasteiger partial charge >= 0.3 is 0 Å². The molecule has 8 nitrogen and oxygen atoms in total. The average Bonchev–Trinajstić information content (AvgIpc) is 2.79. The van der Waals surface area contributed by atoms with Gasteiger partial charge in [0, 0.05) is 5.02 Å². The van der Waals surface area contributed by atoms with E-state index in [2.05, 4.69) is 31.8 Å². The van der Waals surface area contributed by atoms with Crippen molar-refractivity contribution in [2.24, 2.45) is 11.0 Å². The van der Waals surface area contributed by atoms with Gasteiger partial charge in [-0.25, -0.2) is 5.43 Å². The second kappa shape index (κ2) is 13.9. The van der Waals surface area contributed by atoms with Gasteiger partial charge in [-0.1, -0.05) is 37.0 Å². The zero-order chi connectivity index (χ0) is 26.0. The van der Waals surface area contributed by atoms with E-state index in [0.717, 1.165) is 0 Å². The molecule has 2 N–H and O–H groups in total. The maximum atomic E-state index is 12.7. The Morgan fingerprint density at radius 1 is 1.14 bits per heavy atom. The summed E-state index contributed by atoms with van der Waals surface area (Å²) < 4.78 is 11.5. The Balaban J connectivity index is 2.00. The monoisotopic (exact) mass is 582 g/mol. The Bertz CT molecular complexity index is 1120. The predicted octanol–water partition coefficient (Wildman–Crippen LogP) is 5.11. The Morgan fingerprint density at radius 3 is 2.49 bits per heavy atom. The third-order valence-corrected chi connectivity index (χ3v) is 5.69. The van der Waals surface area contributed by atoms with E-state index in [4.69, 9.17) is 37.9 Å². The van der Waals surface area contributed by atoms with Gasteiger partial charge in [0.2, 0.25) is 0 Å². The fourth-order valence-corrected chi connectivity index (χ4v) is 3.84. The molecule has 2 amide bonds. The first-order valence-corrected chi connectivity index (χ1v) is 12.2. The Labute approximate surface area is 222 Å². The fraction of sp³-hybridized carbons (Fsp3) is 0.333. The zero-order valence-corrected chi connectivity index (χ0v) is 22.4. The molecule has 2 rings (SSSR count). The minimum atomic E-state index is -0.904. The van der Waals surface area contributed by atoms with Gasteiger partial charge in [-0.05, 0) is 77.2 Å². The smallest absolute Gasteiger partial charge is 0.262 e. The summed E-state index contributed by atoms with van der Waals surface area (Å²) in [7, 11) is 0. The molecule has 0 bridgehead atoms. The number of nitrogens with one attached hydrogen (secondary N) is 2. The second-order valence-electron chi connectivity index (χ2n) is 7.90. The van der Waals surface area contributed by atoms with Crippen molar-refractivity contribution in [3.63, 3.8) is 0 Å². The van der Waals surface area contributed by atoms with Crippen molar-refractivity contribution in [3.8, 4) is 17.6 Å². The predicted molar refractivity (Wildman–Crippen MR) is 139 cm³/mol. The van der Waals surface area contributed by atoms with E-state index in [0.29, 0.717) is 33.0 Å². The van der Waals surface area contributed by atoms with Crippen molar-refractivity contribution in [1.82, 2.24) is 10.7 Å². The molecule has 2 atom stereocenters. The molecular weight excluding hydrogens is 559 g/mol. The number of ether oxygens (including phenoxy) is 2. The lowest BCUT2D eigenvalue weighted by molar-refractivity contribution is -0.132. The average molecular weight is 584 g/mol. The Kier molecular flexibility index (Phi) is 11.3. The number of benzene rings is 2. The summed E-state index contributed by atoms with van der Waals surface area (Å²) in [6.07, 6.45) is 0.954. The van der Waals surface area contributed by atoms with E-state index in [-0.39, 0.29) is 17.5 Å². The van der Waals surface area contributed by atoms with Gasteiger partial charge < -0.3 is 14.8 Å². The summed E-state index contributed by atoms with van der Waals surface area (Å²) in [5.41, 5.74) is 3.15. The molecule has 186 valence electrons. The van der Waals surface area contributed by atoms with Crippen molar-refractivity contribution >= 4 is 57.2 Å². The molecule has 2 aromatic rings. The van der Waals surface area contributed by atoms with Crippen LogP contribution in [-0.4, -0.2) is 36.8 Å². The van der Waals surface area contributed by atoms with Crippen LogP contribution < -0.4 is 20.2 Å². The molecule has 35 heavy (non-hydrogen) atoms. The summed E-state index contributed by atoms with van der Waals surface area (Å²) in [4.78, 5) is 25.4. The van der Waals surface area contributed by atoms with Crippen LogP contribution >= 0.6 is 39.1 Å². The maximum absolute atomic E-state index is 12.7. The van der Waals surface area contributed by atoms with Crippen LogP contribution in [0.25, 0.3) is 0 Å². The lowest BCUT2D eigenvalue weighted by atomic mass is 10.0. The van der Waals surface area contributed by atoms with Gasteiger partial charge in [0.25, 0.3) is 11.8 Å². The number of nitriles is 1. The van der Waals surface area contributed by atoms with Gasteiger partial charge in [0.15, 0.2) is 12.7 Å². The number of rotatable bonds is 11. The fourth-order valence-electron chi connectivity index (χ4n) is 2.88. The minimum Gasteiger partial charge on any atom is -0.479 e. The van der Waals surface area contributed by atoms with E-state index in [1.807, 2.05) is 19.9 Å². The number of nitrogens with zero attached hydrogens (tertiary/aromatic N) is 2. The van der Waals surface area contributed by atoms with E-state index in [1.165, 1.54) is 12.3 Å². The summed E-state index contributed by atoms with van der Waals surface area (Å²) >= 11 is 15.4. The molecule has 0 spiro atoms. The van der Waals surface area contributed by atoms with E-state index in [9.17, 15) is 9.59 Å². The van der Waals surface area contributed by atoms with Gasteiger partial charge in [-0.2, -0.15) is 10.4 Å². The summed E-state index contributed by atoms with van der Waals surface area (Å²) in [6.45, 7) is 5.37. The van der Waals surface area contributed by atoms with Crippen molar-refractivity contribution in [3.05, 3.63) is 56.5 Å². The standard InChI is InChI=1S/C24H25BrCl2N4O4/c1-14(2)10-20(30-23(32)15(3)35-22-7-5-17(26)12-19(22)27)24(33)31-29-13-16-4-6-21(18(25)11-16)34-9-8-28/h4-7,11-15,20H,9-10H2,1-3H3,(H,30,32)(H,31,33)/b29-13-/t15-,20-/m0/s1. The topological polar surface area (TPSA) is 113 Å². The summed E-state index contributed by atoms with van der Waals surface area (Å²) in [5.74, 6) is 0.0201. The third kappa shape index (κ3) is 9.40. The number of amides is 2. The molecule has 0 saturated heterocycles. The molecule has 0 aliphatic rings. The highest BCUT2D eigenvalue weighted by Crippen LogP contribution is 2.28. The lowest BCUT2D eigenvalue weighted by Crippen LogP contribution is -2.49. The number of carbonyl (C=O) groups excluding carboxylic acids is 2. The molecule has 2 aromatic carbocycles. The zero-order valence-electron chi connectivity index (χ0n) is 19.3. The van der Waals surface area contributed by atoms with Crippen molar-refractivity contribution in [1.29, 1.82) is 5.26 Å². The highest BCUT2D eigenvalue weighted by atomic mass is 79.9. The SMILES string of the molecule is CC(C)C[C@H](NC(=O)[C@H](C)Oc1ccc(Cl)cc1Cl)C(=O)N/N=C\c1ccc(OCC#N)c(Br)c1. The third-order valence-electron chi connectivity index (χ3n) is 4.54. The summed E-state index contributed by atoms with van der Waals surface area (Å²) in [6, 6.07) is 10.9. The van der Waals surface area contributed by atoms with Gasteiger partial charge in [-0.15, -0.1) is 0 Å². The van der Waals surface area contributed by atoms with Crippen LogP contribution in [0.2, 0.25) is 10.0 Å². The van der Waals surface area contributed by atoms with E-state index < -0.39 is 24.0 Å². The number of hydrazone groups is 1. The van der Waals surface area contributed by atoms with Crippen LogP contribution in [0, 0.1) is 17.2 Å². The maximum Gasteiger partial charge on any atom is 0.262 e. The molecule has 11 heteroatoms. The van der Waals surface area contributed by atoms with Crippen molar-refractivity contribution in [2.75, 3.05) is 6.61 Å². The molecule has 0 radical (unpaired) electrons. The molecule has 0 aromatic heterocycles. The number of hydrogen-bond donors (Lipinski definition) is 2. The molecule has 0 aliphatic heterocycles. The lowest BCUT2D eigenvalue weighted by Gasteiger charge is -2.22. The number of hydrogen-bond acceptors (Lipinski definition) is 6. The molecule has 0 aliphatic carbocycles. The van der Waals surface area contributed by atoms with Crippen LogP contribution in [0.1, 0.15) is 32.8 Å². The van der Waals surface area contributed by atoms with Crippen LogP contribution in [0.4, 0.5) is 0 Å². The van der Waals surface area contributed by atoms with Crippen LogP contribution in [0.15, 0.2) is 46.0 Å². The quantitative estimate of drug-likeness (QED) is 0.282. The molecule has 0 heterocycles. The van der Waals surface area contributed by atoms with Crippen LogP contribution in [-0.2, 0) is 9.59 Å². The van der Waals surface area contributed by atoms with Crippen LogP contribution in [0.5, 0.6) is 11.5 Å². The number of halogens is 3. The molecule has 0 unspecified atom stereocenters. The first kappa shape index (κ1) is 28.4. The van der Waals surface area contributed by atoms with Crippen molar-refractivity contribution < 1.29 is 19.1 Å². The van der Waals surface area contributed by atoms with Gasteiger partial charge in [0.1, 0.15) is 23.6 Å². The highest BCUT2D eigenvalue weighted by molar-refractivity contribution is 9.10. The molecule has 0 saturated carbocycles. The van der Waals surface area contributed by atoms with E-state index >= 15 is 0 Å². The first-order valence-electron chi connectivity index (χ1n) is 10.6. The van der Waals surface area contributed by atoms with E-state index in [1.54, 1.807) is 37.3 Å². The second-order valence-corrected chi connectivity index (χ2v) is 9.59. The summed E-state index contributed by atoms with van der Waals surface area (Å²) in [5, 5.41) is 16.0. The molecule has 0 fully saturated rings. The molecular formula is C24H25BrCl2N4O4. The number of carbonyl (C=O) groups is 2. The van der Waals surface area contributed by atoms with Gasteiger partial charge in [0.05, 0.1) is 15.7 Å². The Morgan fingerprint density at radius 2 is 1.86 bits per heavy atom. The van der Waals surface area contributed by atoms with Crippen LogP contribution in [0.3, 0.4) is 0 Å². The van der Waals surface area contributed by atoms with Crippen molar-refractivity contribution in [2.45, 2.75) is 39.3 Å². The minimum absolute atomic E-state index is 0.0680. The largest absolute Gasteiger partial charge is 0.479 e. The van der Waals surface area contributed by atoms with Gasteiger partial charge in [-0.3, -0.25) is 9.59 Å².